The third-order valence-corrected chi connectivity index (χ3v) is 7.83. The molecule has 1 aliphatic carbocycles. The van der Waals surface area contributed by atoms with Crippen molar-refractivity contribution in [2.45, 2.75) is 58.0 Å². The summed E-state index contributed by atoms with van der Waals surface area (Å²) >= 11 is 0. The lowest BCUT2D eigenvalue weighted by Gasteiger charge is -2.39. The highest BCUT2D eigenvalue weighted by molar-refractivity contribution is 5.78. The second kappa shape index (κ2) is 10.9. The summed E-state index contributed by atoms with van der Waals surface area (Å²) in [6.07, 6.45) is 7.48. The number of ether oxygens (including phenoxy) is 1. The molecule has 2 fully saturated rings. The van der Waals surface area contributed by atoms with E-state index >= 15 is 0 Å². The fourth-order valence-electron chi connectivity index (χ4n) is 5.79. The molecule has 2 aromatic rings. The largest absolute Gasteiger partial charge is 0.494 e. The maximum absolute atomic E-state index is 13.0. The Kier molecular flexibility index (Phi) is 7.51. The van der Waals surface area contributed by atoms with Crippen molar-refractivity contribution in [2.75, 3.05) is 45.9 Å². The summed E-state index contributed by atoms with van der Waals surface area (Å²) < 4.78 is 5.71. The van der Waals surface area contributed by atoms with E-state index in [9.17, 15) is 4.79 Å². The van der Waals surface area contributed by atoms with Crippen LogP contribution in [0.25, 0.3) is 11.1 Å². The van der Waals surface area contributed by atoms with Crippen LogP contribution in [0.3, 0.4) is 0 Å². The molecule has 1 saturated heterocycles. The first-order chi connectivity index (χ1) is 16.7. The number of hydrogen-bond acceptors (Lipinski definition) is 4. The summed E-state index contributed by atoms with van der Waals surface area (Å²) in [5, 5.41) is 0. The van der Waals surface area contributed by atoms with Crippen LogP contribution in [0.5, 0.6) is 5.75 Å². The second-order valence-electron chi connectivity index (χ2n) is 10.2. The SMILES string of the molecule is CCCOc1ccc(-c2ccc3c(c2)CCN(CC(=O)N2CCN(C4CCCC4)CC2)C3)cc1. The number of piperazine rings is 1. The third kappa shape index (κ3) is 5.47. The van der Waals surface area contributed by atoms with Crippen molar-refractivity contribution in [2.24, 2.45) is 0 Å². The van der Waals surface area contributed by atoms with Gasteiger partial charge in [-0.15, -0.1) is 0 Å². The van der Waals surface area contributed by atoms with Gasteiger partial charge in [-0.2, -0.15) is 0 Å². The summed E-state index contributed by atoms with van der Waals surface area (Å²) in [5.41, 5.74) is 5.25. The van der Waals surface area contributed by atoms with Crippen LogP contribution in [0.2, 0.25) is 0 Å². The molecule has 182 valence electrons. The first kappa shape index (κ1) is 23.4. The van der Waals surface area contributed by atoms with E-state index < -0.39 is 0 Å². The van der Waals surface area contributed by atoms with E-state index in [1.807, 2.05) is 0 Å². The van der Waals surface area contributed by atoms with E-state index in [1.165, 1.54) is 47.9 Å². The molecular weight excluding hydrogens is 422 g/mol. The normalized spacial score (nSPS) is 19.9. The first-order valence-electron chi connectivity index (χ1n) is 13.3. The van der Waals surface area contributed by atoms with Crippen LogP contribution in [0.4, 0.5) is 0 Å². The molecule has 5 rings (SSSR count). The van der Waals surface area contributed by atoms with Gasteiger partial charge in [0.05, 0.1) is 13.2 Å². The van der Waals surface area contributed by atoms with Gasteiger partial charge in [0.2, 0.25) is 5.91 Å². The number of nitrogens with zero attached hydrogens (tertiary/aromatic N) is 3. The van der Waals surface area contributed by atoms with Crippen molar-refractivity contribution in [3.05, 3.63) is 53.6 Å². The number of rotatable bonds is 7. The van der Waals surface area contributed by atoms with Gasteiger partial charge in [-0.3, -0.25) is 14.6 Å². The maximum Gasteiger partial charge on any atom is 0.236 e. The highest BCUT2D eigenvalue weighted by Gasteiger charge is 2.29. The molecule has 2 aromatic carbocycles. The Morgan fingerprint density at radius 1 is 0.912 bits per heavy atom. The minimum Gasteiger partial charge on any atom is -0.494 e. The molecule has 2 heterocycles. The number of hydrogen-bond donors (Lipinski definition) is 0. The molecule has 1 amide bonds. The number of carbonyl (C=O) groups is 1. The minimum absolute atomic E-state index is 0.302. The molecule has 1 saturated carbocycles. The van der Waals surface area contributed by atoms with Crippen molar-refractivity contribution in [3.63, 3.8) is 0 Å². The summed E-state index contributed by atoms with van der Waals surface area (Å²) in [6.45, 7) is 9.13. The number of benzene rings is 2. The topological polar surface area (TPSA) is 36.0 Å². The van der Waals surface area contributed by atoms with Crippen LogP contribution in [-0.4, -0.2) is 72.5 Å². The lowest BCUT2D eigenvalue weighted by atomic mass is 9.94. The zero-order valence-corrected chi connectivity index (χ0v) is 20.7. The highest BCUT2D eigenvalue weighted by atomic mass is 16.5. The predicted octanol–water partition coefficient (Wildman–Crippen LogP) is 4.59. The summed E-state index contributed by atoms with van der Waals surface area (Å²) in [4.78, 5) is 20.0. The van der Waals surface area contributed by atoms with Crippen molar-refractivity contribution in [3.8, 4) is 16.9 Å². The summed E-state index contributed by atoms with van der Waals surface area (Å²) in [5.74, 6) is 1.24. The average Bonchev–Trinajstić information content (AvgIpc) is 3.43. The van der Waals surface area contributed by atoms with Crippen LogP contribution in [0.15, 0.2) is 42.5 Å². The maximum atomic E-state index is 13.0. The van der Waals surface area contributed by atoms with E-state index in [1.54, 1.807) is 0 Å². The first-order valence-corrected chi connectivity index (χ1v) is 13.3. The van der Waals surface area contributed by atoms with Gasteiger partial charge in [0.1, 0.15) is 5.75 Å². The number of amides is 1. The third-order valence-electron chi connectivity index (χ3n) is 7.83. The predicted molar refractivity (Wildman–Crippen MR) is 137 cm³/mol. The molecule has 0 N–H and O–H groups in total. The Balaban J connectivity index is 1.14. The fourth-order valence-corrected chi connectivity index (χ4v) is 5.79. The van der Waals surface area contributed by atoms with Gasteiger partial charge in [0, 0.05) is 45.3 Å². The van der Waals surface area contributed by atoms with Gasteiger partial charge in [-0.25, -0.2) is 0 Å². The Morgan fingerprint density at radius 3 is 2.38 bits per heavy atom. The van der Waals surface area contributed by atoms with E-state index in [4.69, 9.17) is 4.74 Å². The molecule has 5 nitrogen and oxygen atoms in total. The number of carbonyl (C=O) groups excluding carboxylic acids is 1. The zero-order chi connectivity index (χ0) is 23.3. The van der Waals surface area contributed by atoms with E-state index in [0.29, 0.717) is 12.5 Å². The van der Waals surface area contributed by atoms with Crippen molar-refractivity contribution in [1.82, 2.24) is 14.7 Å². The Bertz CT molecular complexity index is 960. The molecule has 0 bridgehead atoms. The number of fused-ring (bicyclic) bond motifs is 1. The lowest BCUT2D eigenvalue weighted by Crippen LogP contribution is -2.53. The van der Waals surface area contributed by atoms with Crippen LogP contribution in [0.1, 0.15) is 50.2 Å². The summed E-state index contributed by atoms with van der Waals surface area (Å²) in [6, 6.07) is 16.0. The Hall–Kier alpha value is -2.37. The quantitative estimate of drug-likeness (QED) is 0.604. The molecule has 0 spiro atoms. The molecule has 0 radical (unpaired) electrons. The Labute approximate surface area is 204 Å². The van der Waals surface area contributed by atoms with Crippen molar-refractivity contribution in [1.29, 1.82) is 0 Å². The smallest absolute Gasteiger partial charge is 0.236 e. The standard InChI is InChI=1S/C29H39N3O2/c1-2-19-34-28-11-9-23(10-12-28)24-7-8-26-21-30(14-13-25(26)20-24)22-29(33)32-17-15-31(16-18-32)27-5-3-4-6-27/h7-12,20,27H,2-6,13-19,21-22H2,1H3. The average molecular weight is 462 g/mol. The van der Waals surface area contributed by atoms with Crippen LogP contribution < -0.4 is 4.74 Å². The fraction of sp³-hybridized carbons (Fsp3) is 0.552. The van der Waals surface area contributed by atoms with Crippen LogP contribution in [0, 0.1) is 0 Å². The van der Waals surface area contributed by atoms with Crippen molar-refractivity contribution >= 4 is 5.91 Å². The monoisotopic (exact) mass is 461 g/mol. The minimum atomic E-state index is 0.302. The van der Waals surface area contributed by atoms with E-state index in [-0.39, 0.29) is 0 Å². The molecule has 2 aliphatic heterocycles. The van der Waals surface area contributed by atoms with Gasteiger partial charge in [0.15, 0.2) is 0 Å². The molecule has 3 aliphatic rings. The highest BCUT2D eigenvalue weighted by Crippen LogP contribution is 2.28. The van der Waals surface area contributed by atoms with Crippen molar-refractivity contribution < 1.29 is 9.53 Å². The van der Waals surface area contributed by atoms with E-state index in [0.717, 1.165) is 70.5 Å². The second-order valence-corrected chi connectivity index (χ2v) is 10.2. The molecule has 0 unspecified atom stereocenters. The summed E-state index contributed by atoms with van der Waals surface area (Å²) in [7, 11) is 0. The molecule has 5 heteroatoms. The van der Waals surface area contributed by atoms with Gasteiger partial charge in [-0.1, -0.05) is 50.1 Å². The lowest BCUT2D eigenvalue weighted by molar-refractivity contribution is -0.134. The van der Waals surface area contributed by atoms with Gasteiger partial charge in [-0.05, 0) is 60.1 Å². The van der Waals surface area contributed by atoms with Gasteiger partial charge in [0.25, 0.3) is 0 Å². The molecule has 34 heavy (non-hydrogen) atoms. The van der Waals surface area contributed by atoms with E-state index in [2.05, 4.69) is 64.1 Å². The molecular formula is C29H39N3O2. The van der Waals surface area contributed by atoms with Crippen LogP contribution >= 0.6 is 0 Å². The van der Waals surface area contributed by atoms with Gasteiger partial charge >= 0.3 is 0 Å². The van der Waals surface area contributed by atoms with Gasteiger partial charge < -0.3 is 9.64 Å². The van der Waals surface area contributed by atoms with Crippen LogP contribution in [-0.2, 0) is 17.8 Å². The molecule has 0 atom stereocenters. The zero-order valence-electron chi connectivity index (χ0n) is 20.7. The Morgan fingerprint density at radius 2 is 1.65 bits per heavy atom. The molecule has 0 aromatic heterocycles.